The maximum atomic E-state index is 10.9. The first-order valence-corrected chi connectivity index (χ1v) is 8.45. The summed E-state index contributed by atoms with van der Waals surface area (Å²) in [5.41, 5.74) is 7.76. The molecule has 1 amide bonds. The number of hydrogen-bond donors (Lipinski definition) is 3. The second-order valence-electron chi connectivity index (χ2n) is 6.73. The lowest BCUT2D eigenvalue weighted by Crippen LogP contribution is -2.21. The van der Waals surface area contributed by atoms with Crippen LogP contribution < -0.4 is 10.5 Å². The van der Waals surface area contributed by atoms with Gasteiger partial charge >= 0.3 is 0 Å². The number of carbonyl (C=O) groups is 1. The highest BCUT2D eigenvalue weighted by Gasteiger charge is 2.12. The van der Waals surface area contributed by atoms with Gasteiger partial charge in [-0.1, -0.05) is 0 Å². The number of aromatic nitrogens is 4. The fourth-order valence-electron chi connectivity index (χ4n) is 2.37. The number of H-pyrrole nitrogens is 1. The number of primary amides is 1. The molecule has 0 saturated heterocycles. The predicted molar refractivity (Wildman–Crippen MR) is 102 cm³/mol. The minimum atomic E-state index is -0.776. The topological polar surface area (TPSA) is 127 Å². The molecule has 27 heavy (non-hydrogen) atoms. The lowest BCUT2D eigenvalue weighted by atomic mass is 10.1. The van der Waals surface area contributed by atoms with Crippen molar-refractivity contribution >= 4 is 23.1 Å². The van der Waals surface area contributed by atoms with Crippen molar-refractivity contribution in [3.05, 3.63) is 42.4 Å². The van der Waals surface area contributed by atoms with E-state index < -0.39 is 11.5 Å². The molecule has 0 bridgehead atoms. The molecule has 4 N–H and O–H groups in total. The second kappa shape index (κ2) is 7.55. The summed E-state index contributed by atoms with van der Waals surface area (Å²) in [7, 11) is 0. The van der Waals surface area contributed by atoms with E-state index in [4.69, 9.17) is 10.5 Å². The molecular formula is C19H21N5O3. The highest BCUT2D eigenvalue weighted by atomic mass is 16.5. The van der Waals surface area contributed by atoms with E-state index in [-0.39, 0.29) is 0 Å². The SMILES string of the molecule is CC(C)(O)CCOc1ccc(-c2cnc3[nH]cc(C=CC(N)=O)c3n2)cn1. The molecule has 8 heteroatoms. The fraction of sp³-hybridized carbons (Fsp3) is 0.263. The number of rotatable bonds is 7. The normalized spacial score (nSPS) is 12.0. The van der Waals surface area contributed by atoms with Crippen molar-refractivity contribution in [3.63, 3.8) is 0 Å². The summed E-state index contributed by atoms with van der Waals surface area (Å²) < 4.78 is 5.54. The van der Waals surface area contributed by atoms with E-state index in [1.807, 2.05) is 6.07 Å². The molecule has 0 saturated carbocycles. The van der Waals surface area contributed by atoms with Gasteiger partial charge in [0.25, 0.3) is 0 Å². The zero-order chi connectivity index (χ0) is 19.4. The summed E-state index contributed by atoms with van der Waals surface area (Å²) in [5.74, 6) is -0.0541. The minimum Gasteiger partial charge on any atom is -0.478 e. The van der Waals surface area contributed by atoms with Crippen molar-refractivity contribution in [1.82, 2.24) is 19.9 Å². The Morgan fingerprint density at radius 1 is 1.33 bits per heavy atom. The first kappa shape index (κ1) is 18.5. The number of pyridine rings is 1. The van der Waals surface area contributed by atoms with Crippen LogP contribution in [0.3, 0.4) is 0 Å². The molecule has 3 aromatic rings. The molecule has 0 fully saturated rings. The summed E-state index contributed by atoms with van der Waals surface area (Å²) >= 11 is 0. The van der Waals surface area contributed by atoms with E-state index in [0.717, 1.165) is 11.1 Å². The van der Waals surface area contributed by atoms with Crippen LogP contribution in [0.2, 0.25) is 0 Å². The molecule has 0 atom stereocenters. The van der Waals surface area contributed by atoms with Gasteiger partial charge in [0.15, 0.2) is 5.65 Å². The molecule has 3 heterocycles. The average Bonchev–Trinajstić information content (AvgIpc) is 3.02. The first-order valence-electron chi connectivity index (χ1n) is 8.45. The van der Waals surface area contributed by atoms with Crippen LogP contribution in [-0.2, 0) is 4.79 Å². The molecule has 3 aromatic heterocycles. The van der Waals surface area contributed by atoms with Crippen LogP contribution in [0.25, 0.3) is 28.5 Å². The molecule has 0 aliphatic carbocycles. The Labute approximate surface area is 156 Å². The first-order chi connectivity index (χ1) is 12.8. The van der Waals surface area contributed by atoms with Gasteiger partial charge in [-0.3, -0.25) is 4.79 Å². The average molecular weight is 367 g/mol. The fourth-order valence-corrected chi connectivity index (χ4v) is 2.37. The minimum absolute atomic E-state index is 0.376. The Morgan fingerprint density at radius 2 is 2.15 bits per heavy atom. The third-order valence-corrected chi connectivity index (χ3v) is 3.83. The van der Waals surface area contributed by atoms with Crippen LogP contribution in [0.5, 0.6) is 5.88 Å². The number of nitrogens with one attached hydrogen (secondary N) is 1. The smallest absolute Gasteiger partial charge is 0.241 e. The maximum absolute atomic E-state index is 10.9. The van der Waals surface area contributed by atoms with Crippen molar-refractivity contribution in [2.24, 2.45) is 5.73 Å². The van der Waals surface area contributed by atoms with Gasteiger partial charge in [0, 0.05) is 42.1 Å². The van der Waals surface area contributed by atoms with Crippen LogP contribution in [0, 0.1) is 0 Å². The van der Waals surface area contributed by atoms with Crippen LogP contribution in [-0.4, -0.2) is 43.2 Å². The van der Waals surface area contributed by atoms with Crippen molar-refractivity contribution in [2.45, 2.75) is 25.9 Å². The van der Waals surface area contributed by atoms with Gasteiger partial charge in [0.2, 0.25) is 11.8 Å². The van der Waals surface area contributed by atoms with Crippen LogP contribution in [0.4, 0.5) is 0 Å². The van der Waals surface area contributed by atoms with E-state index in [9.17, 15) is 9.90 Å². The van der Waals surface area contributed by atoms with E-state index in [1.54, 1.807) is 44.6 Å². The third kappa shape index (κ3) is 4.89. The van der Waals surface area contributed by atoms with Crippen molar-refractivity contribution in [3.8, 4) is 17.1 Å². The van der Waals surface area contributed by atoms with Crippen LogP contribution in [0.15, 0.2) is 36.8 Å². The number of nitrogens with zero attached hydrogens (tertiary/aromatic N) is 3. The quantitative estimate of drug-likeness (QED) is 0.549. The Kier molecular flexibility index (Phi) is 5.18. The molecule has 0 spiro atoms. The Balaban J connectivity index is 1.78. The molecule has 0 aliphatic heterocycles. The van der Waals surface area contributed by atoms with E-state index in [2.05, 4.69) is 19.9 Å². The zero-order valence-corrected chi connectivity index (χ0v) is 15.1. The van der Waals surface area contributed by atoms with E-state index in [1.165, 1.54) is 6.08 Å². The third-order valence-electron chi connectivity index (χ3n) is 3.83. The molecular weight excluding hydrogens is 346 g/mol. The van der Waals surface area contributed by atoms with Gasteiger partial charge in [-0.2, -0.15) is 0 Å². The van der Waals surface area contributed by atoms with Crippen molar-refractivity contribution in [1.29, 1.82) is 0 Å². The van der Waals surface area contributed by atoms with E-state index >= 15 is 0 Å². The molecule has 0 unspecified atom stereocenters. The molecule has 140 valence electrons. The monoisotopic (exact) mass is 367 g/mol. The van der Waals surface area contributed by atoms with Gasteiger partial charge in [-0.05, 0) is 26.0 Å². The van der Waals surface area contributed by atoms with Gasteiger partial charge in [0.05, 0.1) is 24.1 Å². The van der Waals surface area contributed by atoms with Gasteiger partial charge in [0.1, 0.15) is 5.52 Å². The highest BCUT2D eigenvalue weighted by molar-refractivity contribution is 5.93. The lowest BCUT2D eigenvalue weighted by Gasteiger charge is -2.16. The summed E-state index contributed by atoms with van der Waals surface area (Å²) in [5, 5.41) is 9.70. The lowest BCUT2D eigenvalue weighted by molar-refractivity contribution is -0.113. The predicted octanol–water partition coefficient (Wildman–Crippen LogP) is 2.06. The second-order valence-corrected chi connectivity index (χ2v) is 6.73. The number of ether oxygens (including phenoxy) is 1. The van der Waals surface area contributed by atoms with Gasteiger partial charge in [-0.15, -0.1) is 0 Å². The number of nitrogens with two attached hydrogens (primary N) is 1. The standard InChI is InChI=1S/C19H21N5O3/c1-19(2,26)7-8-27-16-6-4-12(9-21-16)14-11-23-18-17(24-14)13(10-22-18)3-5-15(20)25/h3-6,9-11,26H,7-8H2,1-2H3,(H2,20,25)(H,22,23). The van der Waals surface area contributed by atoms with Crippen molar-refractivity contribution < 1.29 is 14.6 Å². The number of hydrogen-bond acceptors (Lipinski definition) is 6. The molecule has 0 aliphatic rings. The summed E-state index contributed by atoms with van der Waals surface area (Å²) in [6, 6.07) is 3.59. The summed E-state index contributed by atoms with van der Waals surface area (Å²) in [6.07, 6.45) is 8.39. The van der Waals surface area contributed by atoms with Gasteiger partial charge < -0.3 is 20.6 Å². The Bertz CT molecular complexity index is 971. The summed E-state index contributed by atoms with van der Waals surface area (Å²) in [4.78, 5) is 27.2. The zero-order valence-electron chi connectivity index (χ0n) is 15.1. The molecule has 0 radical (unpaired) electrons. The highest BCUT2D eigenvalue weighted by Crippen LogP contribution is 2.22. The van der Waals surface area contributed by atoms with Crippen LogP contribution in [0.1, 0.15) is 25.8 Å². The maximum Gasteiger partial charge on any atom is 0.241 e. The van der Waals surface area contributed by atoms with E-state index in [0.29, 0.717) is 35.8 Å². The van der Waals surface area contributed by atoms with Crippen LogP contribution >= 0.6 is 0 Å². The van der Waals surface area contributed by atoms with Gasteiger partial charge in [-0.25, -0.2) is 15.0 Å². The number of fused-ring (bicyclic) bond motifs is 1. The number of carbonyl (C=O) groups excluding carboxylic acids is 1. The molecule has 8 nitrogen and oxygen atoms in total. The Hall–Kier alpha value is -3.26. The number of aliphatic hydroxyl groups is 1. The summed E-state index contributed by atoms with van der Waals surface area (Å²) in [6.45, 7) is 3.84. The number of amides is 1. The Morgan fingerprint density at radius 3 is 2.81 bits per heavy atom. The molecule has 0 aromatic carbocycles. The van der Waals surface area contributed by atoms with Crippen molar-refractivity contribution in [2.75, 3.05) is 6.61 Å². The largest absolute Gasteiger partial charge is 0.478 e. The molecule has 3 rings (SSSR count). The number of aromatic amines is 1.